The fourth-order valence-electron chi connectivity index (χ4n) is 4.07. The van der Waals surface area contributed by atoms with Gasteiger partial charge in [0.05, 0.1) is 11.7 Å². The highest BCUT2D eigenvalue weighted by molar-refractivity contribution is 4.92. The quantitative estimate of drug-likeness (QED) is 0.795. The van der Waals surface area contributed by atoms with E-state index in [1.807, 2.05) is 0 Å². The summed E-state index contributed by atoms with van der Waals surface area (Å²) in [5.41, 5.74) is 0.317. The molecule has 3 rings (SSSR count). The van der Waals surface area contributed by atoms with E-state index < -0.39 is 0 Å². The summed E-state index contributed by atoms with van der Waals surface area (Å²) in [7, 11) is 0. The molecule has 98 valence electrons. The minimum Gasteiger partial charge on any atom is -0.372 e. The van der Waals surface area contributed by atoms with E-state index in [0.717, 1.165) is 6.04 Å². The molecule has 0 aromatic carbocycles. The molecular formula is C15H27NO. The summed E-state index contributed by atoms with van der Waals surface area (Å²) in [4.78, 5) is 0. The Bertz CT molecular complexity index is 241. The molecule has 3 fully saturated rings. The molecule has 1 saturated carbocycles. The van der Waals surface area contributed by atoms with Gasteiger partial charge in [0.1, 0.15) is 0 Å². The second-order valence-corrected chi connectivity index (χ2v) is 6.40. The molecule has 2 unspecified atom stereocenters. The normalized spacial score (nSPS) is 37.4. The molecule has 2 atom stereocenters. The Labute approximate surface area is 105 Å². The Hall–Kier alpha value is -0.0800. The standard InChI is InChI=1S/C15H27NO/c1-3-8-15(9-4-1)10-7-14(17-15)12-13-6-2-5-11-16-13/h13-14,16H,1-12H2. The fraction of sp³-hybridized carbons (Fsp3) is 1.00. The van der Waals surface area contributed by atoms with Crippen molar-refractivity contribution in [3.05, 3.63) is 0 Å². The van der Waals surface area contributed by atoms with Gasteiger partial charge in [-0.25, -0.2) is 0 Å². The Balaban J connectivity index is 1.49. The first-order chi connectivity index (χ1) is 8.36. The molecule has 0 radical (unpaired) electrons. The van der Waals surface area contributed by atoms with E-state index in [0.29, 0.717) is 11.7 Å². The van der Waals surface area contributed by atoms with Crippen molar-refractivity contribution >= 4 is 0 Å². The highest BCUT2D eigenvalue weighted by atomic mass is 16.5. The smallest absolute Gasteiger partial charge is 0.0687 e. The molecule has 0 amide bonds. The van der Waals surface area contributed by atoms with Gasteiger partial charge >= 0.3 is 0 Å². The van der Waals surface area contributed by atoms with Crippen LogP contribution in [0.5, 0.6) is 0 Å². The van der Waals surface area contributed by atoms with Crippen molar-refractivity contribution in [3.8, 4) is 0 Å². The maximum absolute atomic E-state index is 6.45. The molecule has 2 heterocycles. The van der Waals surface area contributed by atoms with E-state index in [2.05, 4.69) is 5.32 Å². The summed E-state index contributed by atoms with van der Waals surface area (Å²) in [5, 5.41) is 3.66. The Morgan fingerprint density at radius 1 is 0.941 bits per heavy atom. The summed E-state index contributed by atoms with van der Waals surface area (Å²) in [5.74, 6) is 0. The molecule has 1 N–H and O–H groups in total. The van der Waals surface area contributed by atoms with Gasteiger partial charge in [-0.2, -0.15) is 0 Å². The largest absolute Gasteiger partial charge is 0.372 e. The van der Waals surface area contributed by atoms with Crippen molar-refractivity contribution in [3.63, 3.8) is 0 Å². The minimum atomic E-state index is 0.317. The number of rotatable bonds is 2. The van der Waals surface area contributed by atoms with Crippen LogP contribution in [-0.2, 0) is 4.74 Å². The monoisotopic (exact) mass is 237 g/mol. The Morgan fingerprint density at radius 3 is 2.59 bits per heavy atom. The minimum absolute atomic E-state index is 0.317. The number of piperidine rings is 1. The van der Waals surface area contributed by atoms with Gasteiger partial charge in [0.25, 0.3) is 0 Å². The lowest BCUT2D eigenvalue weighted by molar-refractivity contribution is -0.0685. The number of hydrogen-bond acceptors (Lipinski definition) is 2. The van der Waals surface area contributed by atoms with Crippen molar-refractivity contribution in [1.29, 1.82) is 0 Å². The van der Waals surface area contributed by atoms with Crippen molar-refractivity contribution in [2.45, 2.75) is 88.4 Å². The fourth-order valence-corrected chi connectivity index (χ4v) is 4.07. The third kappa shape index (κ3) is 2.85. The molecule has 1 aliphatic carbocycles. The van der Waals surface area contributed by atoms with Gasteiger partial charge in [-0.05, 0) is 51.5 Å². The maximum Gasteiger partial charge on any atom is 0.0687 e. The average Bonchev–Trinajstić information content (AvgIpc) is 2.74. The third-order valence-corrected chi connectivity index (χ3v) is 5.06. The molecule has 2 nitrogen and oxygen atoms in total. The van der Waals surface area contributed by atoms with Gasteiger partial charge in [0, 0.05) is 6.04 Å². The summed E-state index contributed by atoms with van der Waals surface area (Å²) < 4.78 is 6.45. The van der Waals surface area contributed by atoms with Gasteiger partial charge in [-0.3, -0.25) is 0 Å². The van der Waals surface area contributed by atoms with Crippen LogP contribution >= 0.6 is 0 Å². The first-order valence-corrected chi connectivity index (χ1v) is 7.78. The molecule has 1 spiro atoms. The second-order valence-electron chi connectivity index (χ2n) is 6.40. The molecule has 2 aliphatic heterocycles. The van der Waals surface area contributed by atoms with Gasteiger partial charge in [-0.1, -0.05) is 25.7 Å². The zero-order valence-electron chi connectivity index (χ0n) is 11.0. The highest BCUT2D eigenvalue weighted by Gasteiger charge is 2.41. The average molecular weight is 237 g/mol. The Morgan fingerprint density at radius 2 is 1.82 bits per heavy atom. The van der Waals surface area contributed by atoms with Crippen LogP contribution in [0.4, 0.5) is 0 Å². The molecular weight excluding hydrogens is 210 g/mol. The van der Waals surface area contributed by atoms with Crippen molar-refractivity contribution in [1.82, 2.24) is 5.32 Å². The van der Waals surface area contributed by atoms with E-state index in [1.165, 1.54) is 77.2 Å². The number of ether oxygens (including phenoxy) is 1. The predicted molar refractivity (Wildman–Crippen MR) is 70.2 cm³/mol. The lowest BCUT2D eigenvalue weighted by Crippen LogP contribution is -2.38. The van der Waals surface area contributed by atoms with E-state index >= 15 is 0 Å². The zero-order valence-corrected chi connectivity index (χ0v) is 11.0. The SMILES string of the molecule is C1CCC2(CC1)CCC(CC1CCCCN1)O2. The number of nitrogens with one attached hydrogen (secondary N) is 1. The van der Waals surface area contributed by atoms with Crippen LogP contribution in [0.25, 0.3) is 0 Å². The van der Waals surface area contributed by atoms with Crippen LogP contribution in [0.1, 0.15) is 70.6 Å². The summed E-state index contributed by atoms with van der Waals surface area (Å²) in [6.07, 6.45) is 15.5. The molecule has 0 aromatic heterocycles. The van der Waals surface area contributed by atoms with Crippen LogP contribution < -0.4 is 5.32 Å². The van der Waals surface area contributed by atoms with E-state index in [4.69, 9.17) is 4.74 Å². The first-order valence-electron chi connectivity index (χ1n) is 7.78. The van der Waals surface area contributed by atoms with Crippen LogP contribution in [-0.4, -0.2) is 24.3 Å². The van der Waals surface area contributed by atoms with Gasteiger partial charge in [-0.15, -0.1) is 0 Å². The maximum atomic E-state index is 6.45. The Kier molecular flexibility index (Phi) is 3.72. The molecule has 2 heteroatoms. The molecule has 3 aliphatic rings. The van der Waals surface area contributed by atoms with Crippen LogP contribution in [0, 0.1) is 0 Å². The van der Waals surface area contributed by atoms with Gasteiger partial charge in [0.15, 0.2) is 0 Å². The first kappa shape index (κ1) is 12.0. The number of hydrogen-bond donors (Lipinski definition) is 1. The predicted octanol–water partition coefficient (Wildman–Crippen LogP) is 3.40. The molecule has 0 aromatic rings. The van der Waals surface area contributed by atoms with Gasteiger partial charge in [0.2, 0.25) is 0 Å². The van der Waals surface area contributed by atoms with Gasteiger partial charge < -0.3 is 10.1 Å². The third-order valence-electron chi connectivity index (χ3n) is 5.06. The topological polar surface area (TPSA) is 21.3 Å². The summed E-state index contributed by atoms with van der Waals surface area (Å²) in [6, 6.07) is 0.743. The lowest BCUT2D eigenvalue weighted by Gasteiger charge is -2.34. The van der Waals surface area contributed by atoms with Crippen molar-refractivity contribution in [2.24, 2.45) is 0 Å². The highest BCUT2D eigenvalue weighted by Crippen LogP contribution is 2.43. The molecule has 17 heavy (non-hydrogen) atoms. The van der Waals surface area contributed by atoms with Crippen LogP contribution in [0.3, 0.4) is 0 Å². The van der Waals surface area contributed by atoms with Crippen LogP contribution in [0.15, 0.2) is 0 Å². The summed E-state index contributed by atoms with van der Waals surface area (Å²) >= 11 is 0. The molecule has 0 bridgehead atoms. The van der Waals surface area contributed by atoms with E-state index in [1.54, 1.807) is 0 Å². The van der Waals surface area contributed by atoms with Crippen LogP contribution in [0.2, 0.25) is 0 Å². The summed E-state index contributed by atoms with van der Waals surface area (Å²) in [6.45, 7) is 1.22. The van der Waals surface area contributed by atoms with E-state index in [-0.39, 0.29) is 0 Å². The van der Waals surface area contributed by atoms with E-state index in [9.17, 15) is 0 Å². The zero-order chi connectivity index (χ0) is 11.6. The molecule has 2 saturated heterocycles. The van der Waals surface area contributed by atoms with Crippen molar-refractivity contribution < 1.29 is 4.74 Å². The van der Waals surface area contributed by atoms with Crippen molar-refractivity contribution in [2.75, 3.05) is 6.54 Å². The lowest BCUT2D eigenvalue weighted by atomic mass is 9.83. The second kappa shape index (κ2) is 5.27.